The molecule has 3 aromatic rings. The van der Waals surface area contributed by atoms with Crippen LogP contribution in [0.3, 0.4) is 0 Å². The van der Waals surface area contributed by atoms with Gasteiger partial charge in [0.05, 0.1) is 14.2 Å². The SMILES string of the molecule is COc1ccc(OC)c(C(O)CNC(=O)c2ccccc2Cc2ccccc2)c1. The molecule has 1 atom stereocenters. The van der Waals surface area contributed by atoms with Gasteiger partial charge in [-0.3, -0.25) is 4.79 Å². The monoisotopic (exact) mass is 391 g/mol. The quantitative estimate of drug-likeness (QED) is 0.614. The summed E-state index contributed by atoms with van der Waals surface area (Å²) < 4.78 is 10.5. The van der Waals surface area contributed by atoms with Crippen LogP contribution < -0.4 is 14.8 Å². The zero-order valence-corrected chi connectivity index (χ0v) is 16.6. The van der Waals surface area contributed by atoms with E-state index in [2.05, 4.69) is 5.32 Å². The number of benzene rings is 3. The van der Waals surface area contributed by atoms with Crippen molar-refractivity contribution in [2.75, 3.05) is 20.8 Å². The molecular formula is C24H25NO4. The summed E-state index contributed by atoms with van der Waals surface area (Å²) in [5.41, 5.74) is 3.23. The first-order valence-corrected chi connectivity index (χ1v) is 9.42. The van der Waals surface area contributed by atoms with Crippen molar-refractivity contribution in [1.82, 2.24) is 5.32 Å². The highest BCUT2D eigenvalue weighted by atomic mass is 16.5. The van der Waals surface area contributed by atoms with Gasteiger partial charge in [-0.15, -0.1) is 0 Å². The summed E-state index contributed by atoms with van der Waals surface area (Å²) in [6.45, 7) is 0.0576. The van der Waals surface area contributed by atoms with Crippen molar-refractivity contribution in [3.63, 3.8) is 0 Å². The van der Waals surface area contributed by atoms with E-state index in [4.69, 9.17) is 9.47 Å². The van der Waals surface area contributed by atoms with E-state index in [0.717, 1.165) is 11.1 Å². The number of carbonyl (C=O) groups excluding carboxylic acids is 1. The van der Waals surface area contributed by atoms with Crippen molar-refractivity contribution >= 4 is 5.91 Å². The third kappa shape index (κ3) is 5.15. The second kappa shape index (κ2) is 9.75. The molecule has 1 unspecified atom stereocenters. The lowest BCUT2D eigenvalue weighted by atomic mass is 9.99. The molecule has 0 saturated carbocycles. The van der Waals surface area contributed by atoms with Crippen molar-refractivity contribution in [2.24, 2.45) is 0 Å². The number of amides is 1. The zero-order valence-electron chi connectivity index (χ0n) is 16.6. The molecule has 0 aromatic heterocycles. The highest BCUT2D eigenvalue weighted by Crippen LogP contribution is 2.29. The second-order valence-electron chi connectivity index (χ2n) is 6.65. The largest absolute Gasteiger partial charge is 0.497 e. The molecule has 3 aromatic carbocycles. The minimum atomic E-state index is -0.926. The van der Waals surface area contributed by atoms with Crippen LogP contribution >= 0.6 is 0 Å². The molecule has 3 rings (SSSR count). The summed E-state index contributed by atoms with van der Waals surface area (Å²) in [5, 5.41) is 13.4. The van der Waals surface area contributed by atoms with Crippen LogP contribution in [0.4, 0.5) is 0 Å². The Morgan fingerprint density at radius 2 is 1.69 bits per heavy atom. The fourth-order valence-electron chi connectivity index (χ4n) is 3.21. The topological polar surface area (TPSA) is 67.8 Å². The summed E-state index contributed by atoms with van der Waals surface area (Å²) in [5.74, 6) is 0.925. The van der Waals surface area contributed by atoms with Crippen LogP contribution in [-0.2, 0) is 6.42 Å². The van der Waals surface area contributed by atoms with Crippen LogP contribution in [0.1, 0.15) is 33.2 Å². The molecule has 150 valence electrons. The minimum absolute atomic E-state index is 0.0576. The van der Waals surface area contributed by atoms with Crippen LogP contribution in [-0.4, -0.2) is 31.8 Å². The lowest BCUT2D eigenvalue weighted by molar-refractivity contribution is 0.0913. The molecule has 1 amide bonds. The van der Waals surface area contributed by atoms with Gasteiger partial charge in [-0.25, -0.2) is 0 Å². The Morgan fingerprint density at radius 1 is 0.966 bits per heavy atom. The van der Waals surface area contributed by atoms with Crippen molar-refractivity contribution in [1.29, 1.82) is 0 Å². The molecule has 29 heavy (non-hydrogen) atoms. The van der Waals surface area contributed by atoms with E-state index < -0.39 is 6.10 Å². The Hall–Kier alpha value is -3.31. The van der Waals surface area contributed by atoms with Crippen molar-refractivity contribution in [3.8, 4) is 11.5 Å². The first-order chi connectivity index (χ1) is 14.1. The Labute approximate surface area is 170 Å². The Kier molecular flexibility index (Phi) is 6.87. The average molecular weight is 391 g/mol. The molecule has 0 saturated heterocycles. The van der Waals surface area contributed by atoms with E-state index >= 15 is 0 Å². The molecule has 0 fully saturated rings. The van der Waals surface area contributed by atoms with Gasteiger partial charge in [0.2, 0.25) is 0 Å². The summed E-state index contributed by atoms with van der Waals surface area (Å²) in [6, 6.07) is 22.7. The number of hydrogen-bond donors (Lipinski definition) is 2. The van der Waals surface area contributed by atoms with E-state index in [1.807, 2.05) is 48.5 Å². The predicted molar refractivity (Wildman–Crippen MR) is 113 cm³/mol. The standard InChI is InChI=1S/C24H25NO4/c1-28-19-12-13-23(29-2)21(15-19)22(26)16-25-24(27)20-11-7-6-10-18(20)14-17-8-4-3-5-9-17/h3-13,15,22,26H,14,16H2,1-2H3,(H,25,27). The van der Waals surface area contributed by atoms with E-state index in [1.54, 1.807) is 31.4 Å². The fourth-order valence-corrected chi connectivity index (χ4v) is 3.21. The van der Waals surface area contributed by atoms with Crippen LogP contribution in [0, 0.1) is 0 Å². The van der Waals surface area contributed by atoms with Crippen molar-refractivity contribution in [2.45, 2.75) is 12.5 Å². The maximum absolute atomic E-state index is 12.8. The molecule has 5 nitrogen and oxygen atoms in total. The van der Waals surface area contributed by atoms with Gasteiger partial charge in [0.25, 0.3) is 5.91 Å². The third-order valence-corrected chi connectivity index (χ3v) is 4.75. The van der Waals surface area contributed by atoms with Gasteiger partial charge in [-0.05, 0) is 41.8 Å². The van der Waals surface area contributed by atoms with Crippen molar-refractivity contribution in [3.05, 3.63) is 95.1 Å². The van der Waals surface area contributed by atoms with Crippen LogP contribution in [0.15, 0.2) is 72.8 Å². The summed E-state index contributed by atoms with van der Waals surface area (Å²) >= 11 is 0. The Bertz CT molecular complexity index is 956. The van der Waals surface area contributed by atoms with Crippen LogP contribution in [0.2, 0.25) is 0 Å². The van der Waals surface area contributed by atoms with Gasteiger partial charge in [-0.1, -0.05) is 48.5 Å². The maximum Gasteiger partial charge on any atom is 0.251 e. The van der Waals surface area contributed by atoms with E-state index in [1.165, 1.54) is 7.11 Å². The van der Waals surface area contributed by atoms with Gasteiger partial charge in [0.15, 0.2) is 0 Å². The minimum Gasteiger partial charge on any atom is -0.497 e. The number of carbonyl (C=O) groups is 1. The highest BCUT2D eigenvalue weighted by Gasteiger charge is 2.17. The third-order valence-electron chi connectivity index (χ3n) is 4.75. The van der Waals surface area contributed by atoms with Crippen molar-refractivity contribution < 1.29 is 19.4 Å². The molecule has 0 aliphatic heterocycles. The van der Waals surface area contributed by atoms with Gasteiger partial charge >= 0.3 is 0 Å². The molecule has 0 bridgehead atoms. The van der Waals surface area contributed by atoms with Gasteiger partial charge < -0.3 is 19.9 Å². The predicted octanol–water partition coefficient (Wildman–Crippen LogP) is 3.76. The number of ether oxygens (including phenoxy) is 2. The van der Waals surface area contributed by atoms with E-state index in [9.17, 15) is 9.90 Å². The fraction of sp³-hybridized carbons (Fsp3) is 0.208. The normalized spacial score (nSPS) is 11.6. The summed E-state index contributed by atoms with van der Waals surface area (Å²) in [6.07, 6.45) is -0.262. The van der Waals surface area contributed by atoms with Gasteiger partial charge in [-0.2, -0.15) is 0 Å². The number of aliphatic hydroxyl groups is 1. The van der Waals surface area contributed by atoms with Crippen LogP contribution in [0.5, 0.6) is 11.5 Å². The summed E-state index contributed by atoms with van der Waals surface area (Å²) in [7, 11) is 3.10. The second-order valence-corrected chi connectivity index (χ2v) is 6.65. The average Bonchev–Trinajstić information content (AvgIpc) is 2.77. The lowest BCUT2D eigenvalue weighted by Gasteiger charge is -2.17. The van der Waals surface area contributed by atoms with E-state index in [0.29, 0.717) is 29.0 Å². The molecule has 0 heterocycles. The number of hydrogen-bond acceptors (Lipinski definition) is 4. The molecule has 0 aliphatic rings. The number of aliphatic hydroxyl groups excluding tert-OH is 1. The van der Waals surface area contributed by atoms with E-state index in [-0.39, 0.29) is 12.5 Å². The molecule has 2 N–H and O–H groups in total. The Balaban J connectivity index is 1.72. The molecule has 5 heteroatoms. The van der Waals surface area contributed by atoms with Crippen LogP contribution in [0.25, 0.3) is 0 Å². The number of methoxy groups -OCH3 is 2. The Morgan fingerprint density at radius 3 is 2.41 bits per heavy atom. The molecule has 0 aliphatic carbocycles. The lowest BCUT2D eigenvalue weighted by Crippen LogP contribution is -2.29. The summed E-state index contributed by atoms with van der Waals surface area (Å²) in [4.78, 5) is 12.8. The molecular weight excluding hydrogens is 366 g/mol. The first-order valence-electron chi connectivity index (χ1n) is 9.42. The molecule has 0 spiro atoms. The number of rotatable bonds is 8. The first kappa shape index (κ1) is 20.4. The number of nitrogens with one attached hydrogen (secondary N) is 1. The molecule has 0 radical (unpaired) electrons. The highest BCUT2D eigenvalue weighted by molar-refractivity contribution is 5.95. The maximum atomic E-state index is 12.8. The van der Waals surface area contributed by atoms with Gasteiger partial charge in [0.1, 0.15) is 17.6 Å². The smallest absolute Gasteiger partial charge is 0.251 e. The van der Waals surface area contributed by atoms with Gasteiger partial charge in [0, 0.05) is 17.7 Å². The zero-order chi connectivity index (χ0) is 20.6.